The smallest absolute Gasteiger partial charge is 0.254 e. The number of aliphatic hydroxyl groups is 1. The van der Waals surface area contributed by atoms with Crippen LogP contribution in [0, 0.1) is 0 Å². The summed E-state index contributed by atoms with van der Waals surface area (Å²) in [5, 5.41) is 12.0. The average molecular weight is 407 g/mol. The van der Waals surface area contributed by atoms with Gasteiger partial charge in [0.15, 0.2) is 0 Å². The number of nitrogens with zero attached hydrogens (tertiary/aromatic N) is 2. The maximum absolute atomic E-state index is 13.8. The molecular formula is C25H30N2O3. The van der Waals surface area contributed by atoms with Crippen LogP contribution in [0.1, 0.15) is 61.7 Å². The van der Waals surface area contributed by atoms with Crippen molar-refractivity contribution in [2.24, 2.45) is 0 Å². The number of benzene rings is 2. The van der Waals surface area contributed by atoms with Gasteiger partial charge in [0.2, 0.25) is 5.91 Å². The Labute approximate surface area is 177 Å². The van der Waals surface area contributed by atoms with Crippen molar-refractivity contribution in [1.82, 2.24) is 9.80 Å². The molecule has 1 spiro atoms. The maximum atomic E-state index is 13.8. The van der Waals surface area contributed by atoms with Crippen LogP contribution >= 0.6 is 0 Å². The summed E-state index contributed by atoms with van der Waals surface area (Å²) in [6.45, 7) is 1.42. The lowest BCUT2D eigenvalue weighted by molar-refractivity contribution is -0.149. The molecule has 1 unspecified atom stereocenters. The van der Waals surface area contributed by atoms with Gasteiger partial charge < -0.3 is 14.9 Å². The van der Waals surface area contributed by atoms with Crippen LogP contribution in [0.4, 0.5) is 0 Å². The number of piperidine rings is 1. The lowest BCUT2D eigenvalue weighted by Gasteiger charge is -2.48. The number of hydrogen-bond donors (Lipinski definition) is 1. The van der Waals surface area contributed by atoms with E-state index in [-0.39, 0.29) is 24.0 Å². The summed E-state index contributed by atoms with van der Waals surface area (Å²) in [6.07, 6.45) is 6.36. The molecule has 2 amide bonds. The average Bonchev–Trinajstić information content (AvgIpc) is 3.20. The minimum absolute atomic E-state index is 0.0208. The number of carbonyl (C=O) groups is 2. The van der Waals surface area contributed by atoms with E-state index in [0.717, 1.165) is 68.7 Å². The normalized spacial score (nSPS) is 29.7. The second kappa shape index (κ2) is 7.69. The first-order valence-electron chi connectivity index (χ1n) is 11.4. The highest BCUT2D eigenvalue weighted by Crippen LogP contribution is 2.41. The van der Waals surface area contributed by atoms with Crippen molar-refractivity contribution >= 4 is 22.6 Å². The molecule has 0 aromatic heterocycles. The second-order valence-corrected chi connectivity index (χ2v) is 9.22. The van der Waals surface area contributed by atoms with Gasteiger partial charge in [0.1, 0.15) is 5.54 Å². The first-order chi connectivity index (χ1) is 14.6. The molecule has 5 heteroatoms. The van der Waals surface area contributed by atoms with Gasteiger partial charge in [-0.05, 0) is 74.3 Å². The Morgan fingerprint density at radius 3 is 2.40 bits per heavy atom. The number of carbonyl (C=O) groups excluding carboxylic acids is 2. The van der Waals surface area contributed by atoms with Crippen molar-refractivity contribution in [3.8, 4) is 0 Å². The molecule has 1 aliphatic carbocycles. The minimum Gasteiger partial charge on any atom is -0.393 e. The van der Waals surface area contributed by atoms with Gasteiger partial charge in [0.25, 0.3) is 5.91 Å². The van der Waals surface area contributed by atoms with E-state index in [0.29, 0.717) is 12.1 Å². The minimum atomic E-state index is -0.683. The van der Waals surface area contributed by atoms with E-state index < -0.39 is 5.54 Å². The van der Waals surface area contributed by atoms with Crippen molar-refractivity contribution in [3.63, 3.8) is 0 Å². The summed E-state index contributed by atoms with van der Waals surface area (Å²) in [6, 6.07) is 14.1. The molecule has 2 aromatic rings. The van der Waals surface area contributed by atoms with Crippen molar-refractivity contribution < 1.29 is 14.7 Å². The Morgan fingerprint density at radius 2 is 1.63 bits per heavy atom. The van der Waals surface area contributed by atoms with Crippen LogP contribution in [-0.4, -0.2) is 57.5 Å². The predicted octanol–water partition coefficient (Wildman–Crippen LogP) is 3.74. The maximum Gasteiger partial charge on any atom is 0.254 e. The fourth-order valence-electron chi connectivity index (χ4n) is 5.87. The van der Waals surface area contributed by atoms with Gasteiger partial charge in [0.05, 0.1) is 6.10 Å². The van der Waals surface area contributed by atoms with E-state index in [4.69, 9.17) is 0 Å². The third-order valence-electron chi connectivity index (χ3n) is 7.49. The summed E-state index contributed by atoms with van der Waals surface area (Å²) in [4.78, 5) is 31.2. The molecule has 1 N–H and O–H groups in total. The summed E-state index contributed by atoms with van der Waals surface area (Å²) in [7, 11) is 0. The highest BCUT2D eigenvalue weighted by atomic mass is 16.3. The molecular weight excluding hydrogens is 376 g/mol. The van der Waals surface area contributed by atoms with Crippen LogP contribution in [0.5, 0.6) is 0 Å². The number of rotatable bonds is 2. The number of likely N-dealkylation sites (tertiary alicyclic amines) is 2. The summed E-state index contributed by atoms with van der Waals surface area (Å²) >= 11 is 0. The predicted molar refractivity (Wildman–Crippen MR) is 116 cm³/mol. The monoisotopic (exact) mass is 406 g/mol. The zero-order valence-electron chi connectivity index (χ0n) is 17.4. The van der Waals surface area contributed by atoms with E-state index in [9.17, 15) is 14.7 Å². The van der Waals surface area contributed by atoms with E-state index in [2.05, 4.69) is 0 Å². The van der Waals surface area contributed by atoms with Crippen LogP contribution in [0.2, 0.25) is 0 Å². The van der Waals surface area contributed by atoms with Crippen LogP contribution in [0.25, 0.3) is 10.8 Å². The van der Waals surface area contributed by atoms with Gasteiger partial charge in [-0.1, -0.05) is 30.3 Å². The Morgan fingerprint density at radius 1 is 0.933 bits per heavy atom. The molecule has 2 saturated heterocycles. The van der Waals surface area contributed by atoms with Gasteiger partial charge in [-0.2, -0.15) is 0 Å². The highest BCUT2D eigenvalue weighted by Gasteiger charge is 2.53. The Bertz CT molecular complexity index is 966. The van der Waals surface area contributed by atoms with Gasteiger partial charge in [-0.15, -0.1) is 0 Å². The van der Waals surface area contributed by atoms with E-state index >= 15 is 0 Å². The Balaban J connectivity index is 1.42. The van der Waals surface area contributed by atoms with Gasteiger partial charge in [-0.25, -0.2) is 0 Å². The van der Waals surface area contributed by atoms with Crippen molar-refractivity contribution in [1.29, 1.82) is 0 Å². The summed E-state index contributed by atoms with van der Waals surface area (Å²) in [5.74, 6) is 0.120. The fraction of sp³-hybridized carbons (Fsp3) is 0.520. The Hall–Kier alpha value is -2.40. The SMILES string of the molecule is O=C(c1ccc2ccccc2c1)N1CCCC12CCCN(C1CCC(O)CC1)C2=O. The van der Waals surface area contributed by atoms with Gasteiger partial charge in [-0.3, -0.25) is 9.59 Å². The number of aliphatic hydroxyl groups excluding tert-OH is 1. The Kier molecular flexibility index (Phi) is 5.02. The number of fused-ring (bicyclic) bond motifs is 1. The number of amides is 2. The van der Waals surface area contributed by atoms with Crippen LogP contribution in [0.3, 0.4) is 0 Å². The van der Waals surface area contributed by atoms with E-state index in [1.165, 1.54) is 0 Å². The lowest BCUT2D eigenvalue weighted by atomic mass is 9.82. The molecule has 5 rings (SSSR count). The van der Waals surface area contributed by atoms with Crippen molar-refractivity contribution in [2.45, 2.75) is 69.1 Å². The van der Waals surface area contributed by atoms with Gasteiger partial charge >= 0.3 is 0 Å². The molecule has 5 nitrogen and oxygen atoms in total. The molecule has 3 fully saturated rings. The molecule has 2 aromatic carbocycles. The largest absolute Gasteiger partial charge is 0.393 e. The molecule has 2 aliphatic heterocycles. The van der Waals surface area contributed by atoms with Crippen molar-refractivity contribution in [2.75, 3.05) is 13.1 Å². The molecule has 1 saturated carbocycles. The van der Waals surface area contributed by atoms with Crippen LogP contribution in [-0.2, 0) is 4.79 Å². The van der Waals surface area contributed by atoms with Crippen LogP contribution < -0.4 is 0 Å². The summed E-state index contributed by atoms with van der Waals surface area (Å²) < 4.78 is 0. The van der Waals surface area contributed by atoms with Crippen LogP contribution in [0.15, 0.2) is 42.5 Å². The van der Waals surface area contributed by atoms with E-state index in [1.807, 2.05) is 52.3 Å². The molecule has 0 radical (unpaired) electrons. The lowest BCUT2D eigenvalue weighted by Crippen LogP contribution is -2.63. The first kappa shape index (κ1) is 19.6. The van der Waals surface area contributed by atoms with Crippen molar-refractivity contribution in [3.05, 3.63) is 48.0 Å². The summed E-state index contributed by atoms with van der Waals surface area (Å²) in [5.41, 5.74) is -0.0162. The first-order valence-corrected chi connectivity index (χ1v) is 11.4. The molecule has 1 atom stereocenters. The zero-order chi connectivity index (χ0) is 20.7. The third kappa shape index (κ3) is 3.20. The van der Waals surface area contributed by atoms with E-state index in [1.54, 1.807) is 0 Å². The highest BCUT2D eigenvalue weighted by molar-refractivity contribution is 6.02. The fourth-order valence-corrected chi connectivity index (χ4v) is 5.87. The molecule has 30 heavy (non-hydrogen) atoms. The molecule has 2 heterocycles. The molecule has 3 aliphatic rings. The zero-order valence-corrected chi connectivity index (χ0v) is 17.4. The topological polar surface area (TPSA) is 60.9 Å². The molecule has 0 bridgehead atoms. The number of hydrogen-bond acceptors (Lipinski definition) is 3. The second-order valence-electron chi connectivity index (χ2n) is 9.22. The quantitative estimate of drug-likeness (QED) is 0.826. The van der Waals surface area contributed by atoms with Gasteiger partial charge in [0, 0.05) is 24.7 Å². The third-order valence-corrected chi connectivity index (χ3v) is 7.49. The molecule has 158 valence electrons. The standard InChI is InChI=1S/C25H30N2O3/c28-22-11-9-21(10-12-22)26-15-3-13-25(24(26)30)14-4-16-27(25)23(29)20-8-7-18-5-1-2-6-19(18)17-20/h1-2,5-8,17,21-22,28H,3-4,9-16H2.